The van der Waals surface area contributed by atoms with Gasteiger partial charge in [0.15, 0.2) is 0 Å². The minimum atomic E-state index is -0.176. The third kappa shape index (κ3) is 5.46. The molecule has 1 unspecified atom stereocenters. The molecule has 0 spiro atoms. The van der Waals surface area contributed by atoms with Gasteiger partial charge < -0.3 is 5.32 Å². The predicted octanol–water partition coefficient (Wildman–Crippen LogP) is 4.92. The van der Waals surface area contributed by atoms with Crippen molar-refractivity contribution in [1.29, 1.82) is 0 Å². The van der Waals surface area contributed by atoms with Crippen LogP contribution in [-0.2, 0) is 6.42 Å². The van der Waals surface area contributed by atoms with Crippen LogP contribution in [0.25, 0.3) is 0 Å². The zero-order valence-corrected chi connectivity index (χ0v) is 14.3. The Hall–Kier alpha value is -0.250. The molecule has 0 bridgehead atoms. The Morgan fingerprint density at radius 3 is 2.81 bits per heavy atom. The van der Waals surface area contributed by atoms with E-state index < -0.39 is 0 Å². The number of nitrogens with one attached hydrogen (secondary N) is 1. The fourth-order valence-electron chi connectivity index (χ4n) is 2.95. The van der Waals surface area contributed by atoms with Gasteiger partial charge in [-0.15, -0.1) is 0 Å². The Morgan fingerprint density at radius 2 is 2.14 bits per heavy atom. The van der Waals surface area contributed by atoms with Gasteiger partial charge in [0.1, 0.15) is 5.82 Å². The van der Waals surface area contributed by atoms with E-state index in [-0.39, 0.29) is 5.82 Å². The van der Waals surface area contributed by atoms with Gasteiger partial charge in [0, 0.05) is 16.6 Å². The van der Waals surface area contributed by atoms with Crippen LogP contribution in [0.2, 0.25) is 5.02 Å². The van der Waals surface area contributed by atoms with Crippen LogP contribution in [0.4, 0.5) is 4.39 Å². The summed E-state index contributed by atoms with van der Waals surface area (Å²) in [5, 5.41) is 4.14. The van der Waals surface area contributed by atoms with E-state index >= 15 is 0 Å². The largest absolute Gasteiger partial charge is 0.314 e. The molecule has 0 radical (unpaired) electrons. The highest BCUT2D eigenvalue weighted by atomic mass is 35.5. The first-order chi connectivity index (χ1) is 10.2. The van der Waals surface area contributed by atoms with Crippen molar-refractivity contribution in [3.63, 3.8) is 0 Å². The Bertz CT molecular complexity index is 415. The molecule has 0 aromatic heterocycles. The molecule has 0 amide bonds. The number of benzene rings is 1. The van der Waals surface area contributed by atoms with Crippen molar-refractivity contribution < 1.29 is 4.39 Å². The molecular weight excluding hydrogens is 305 g/mol. The van der Waals surface area contributed by atoms with Crippen molar-refractivity contribution in [3.8, 4) is 0 Å². The van der Waals surface area contributed by atoms with Gasteiger partial charge in [0.2, 0.25) is 0 Å². The summed E-state index contributed by atoms with van der Waals surface area (Å²) in [6, 6.07) is 5.30. The van der Waals surface area contributed by atoms with Gasteiger partial charge in [-0.1, -0.05) is 24.6 Å². The zero-order chi connectivity index (χ0) is 15.1. The van der Waals surface area contributed by atoms with E-state index in [4.69, 9.17) is 11.6 Å². The number of thioether (sulfide) groups is 1. The molecule has 4 heteroatoms. The van der Waals surface area contributed by atoms with Gasteiger partial charge in [0.05, 0.1) is 0 Å². The molecule has 1 aromatic rings. The van der Waals surface area contributed by atoms with Crippen LogP contribution >= 0.6 is 23.4 Å². The molecule has 1 aromatic carbocycles. The van der Waals surface area contributed by atoms with E-state index in [9.17, 15) is 4.39 Å². The first kappa shape index (κ1) is 17.1. The van der Waals surface area contributed by atoms with Crippen molar-refractivity contribution in [2.24, 2.45) is 5.92 Å². The van der Waals surface area contributed by atoms with Crippen LogP contribution < -0.4 is 5.32 Å². The van der Waals surface area contributed by atoms with Crippen molar-refractivity contribution in [2.75, 3.05) is 18.1 Å². The molecule has 1 atom stereocenters. The number of rotatable bonds is 7. The lowest BCUT2D eigenvalue weighted by Crippen LogP contribution is -2.35. The van der Waals surface area contributed by atoms with Crippen LogP contribution in [0.3, 0.4) is 0 Å². The van der Waals surface area contributed by atoms with Crippen molar-refractivity contribution in [1.82, 2.24) is 5.32 Å². The SMILES string of the molecule is CCCNC(Cc1c(F)cccc1Cl)CC1CCSCC1. The average molecular weight is 330 g/mol. The lowest BCUT2D eigenvalue weighted by atomic mass is 9.91. The van der Waals surface area contributed by atoms with Gasteiger partial charge in [-0.25, -0.2) is 4.39 Å². The maximum atomic E-state index is 14.0. The summed E-state index contributed by atoms with van der Waals surface area (Å²) in [6.45, 7) is 3.15. The van der Waals surface area contributed by atoms with Crippen LogP contribution in [-0.4, -0.2) is 24.1 Å². The second kappa shape index (κ2) is 9.02. The van der Waals surface area contributed by atoms with Crippen molar-refractivity contribution in [3.05, 3.63) is 34.6 Å². The molecule has 1 fully saturated rings. The zero-order valence-electron chi connectivity index (χ0n) is 12.7. The molecule has 1 aliphatic heterocycles. The second-order valence-corrected chi connectivity index (χ2v) is 7.48. The first-order valence-corrected chi connectivity index (χ1v) is 9.48. The third-order valence-corrected chi connectivity index (χ3v) is 5.56. The number of hydrogen-bond donors (Lipinski definition) is 1. The molecule has 1 saturated heterocycles. The Balaban J connectivity index is 2.01. The third-order valence-electron chi connectivity index (χ3n) is 4.15. The number of halogens is 2. The fraction of sp³-hybridized carbons (Fsp3) is 0.647. The van der Waals surface area contributed by atoms with E-state index in [0.29, 0.717) is 23.0 Å². The molecule has 0 aliphatic carbocycles. The standard InChI is InChI=1S/C17H25ClFNS/c1-2-8-20-14(11-13-6-9-21-10-7-13)12-15-16(18)4-3-5-17(15)19/h3-5,13-14,20H,2,6-12H2,1H3. The molecule has 21 heavy (non-hydrogen) atoms. The monoisotopic (exact) mass is 329 g/mol. The fourth-order valence-corrected chi connectivity index (χ4v) is 4.39. The van der Waals surface area contributed by atoms with Crippen molar-refractivity contribution in [2.45, 2.75) is 45.1 Å². The Labute approximate surface area is 137 Å². The van der Waals surface area contributed by atoms with Gasteiger partial charge in [-0.3, -0.25) is 0 Å². The molecule has 118 valence electrons. The highest BCUT2D eigenvalue weighted by Crippen LogP contribution is 2.28. The topological polar surface area (TPSA) is 12.0 Å². The lowest BCUT2D eigenvalue weighted by Gasteiger charge is -2.27. The van der Waals surface area contributed by atoms with Crippen LogP contribution in [0, 0.1) is 11.7 Å². The summed E-state index contributed by atoms with van der Waals surface area (Å²) < 4.78 is 14.0. The summed E-state index contributed by atoms with van der Waals surface area (Å²) in [5.74, 6) is 3.13. The Kier molecular flexibility index (Phi) is 7.35. The predicted molar refractivity (Wildman–Crippen MR) is 91.9 cm³/mol. The first-order valence-electron chi connectivity index (χ1n) is 7.94. The average Bonchev–Trinajstić information content (AvgIpc) is 2.49. The van der Waals surface area contributed by atoms with Gasteiger partial charge in [0.25, 0.3) is 0 Å². The summed E-state index contributed by atoms with van der Waals surface area (Å²) >= 11 is 8.23. The minimum Gasteiger partial charge on any atom is -0.314 e. The number of hydrogen-bond acceptors (Lipinski definition) is 2. The molecular formula is C17H25ClFNS. The molecule has 1 aliphatic rings. The molecule has 2 rings (SSSR count). The smallest absolute Gasteiger partial charge is 0.127 e. The summed E-state index contributed by atoms with van der Waals surface area (Å²) in [5.41, 5.74) is 0.665. The normalized spacial score (nSPS) is 17.9. The van der Waals surface area contributed by atoms with E-state index in [0.717, 1.165) is 25.3 Å². The quantitative estimate of drug-likeness (QED) is 0.761. The van der Waals surface area contributed by atoms with E-state index in [1.807, 2.05) is 0 Å². The van der Waals surface area contributed by atoms with Crippen molar-refractivity contribution >= 4 is 23.4 Å². The van der Waals surface area contributed by atoms with E-state index in [1.165, 1.54) is 30.4 Å². The molecule has 1 nitrogen and oxygen atoms in total. The minimum absolute atomic E-state index is 0.176. The van der Waals surface area contributed by atoms with Crippen LogP contribution in [0.5, 0.6) is 0 Å². The highest BCUT2D eigenvalue weighted by molar-refractivity contribution is 7.99. The van der Waals surface area contributed by atoms with Crippen LogP contribution in [0.1, 0.15) is 38.2 Å². The van der Waals surface area contributed by atoms with E-state index in [1.54, 1.807) is 12.1 Å². The van der Waals surface area contributed by atoms with E-state index in [2.05, 4.69) is 24.0 Å². The second-order valence-electron chi connectivity index (χ2n) is 5.85. The Morgan fingerprint density at radius 1 is 1.38 bits per heavy atom. The van der Waals surface area contributed by atoms with Crippen LogP contribution in [0.15, 0.2) is 18.2 Å². The summed E-state index contributed by atoms with van der Waals surface area (Å²) in [4.78, 5) is 0. The van der Waals surface area contributed by atoms with Gasteiger partial charge >= 0.3 is 0 Å². The molecule has 1 heterocycles. The maximum Gasteiger partial charge on any atom is 0.127 e. The summed E-state index contributed by atoms with van der Waals surface area (Å²) in [6.07, 6.45) is 5.50. The van der Waals surface area contributed by atoms with Gasteiger partial charge in [-0.05, 0) is 68.2 Å². The molecule has 1 N–H and O–H groups in total. The lowest BCUT2D eigenvalue weighted by molar-refractivity contribution is 0.360. The highest BCUT2D eigenvalue weighted by Gasteiger charge is 2.21. The summed E-state index contributed by atoms with van der Waals surface area (Å²) in [7, 11) is 0. The van der Waals surface area contributed by atoms with Gasteiger partial charge in [-0.2, -0.15) is 11.8 Å². The maximum absolute atomic E-state index is 14.0. The molecule has 0 saturated carbocycles.